The van der Waals surface area contributed by atoms with Crippen LogP contribution in [0.5, 0.6) is 17.2 Å². The zero-order chi connectivity index (χ0) is 26.6. The van der Waals surface area contributed by atoms with Crippen LogP contribution in [-0.2, 0) is 0 Å². The lowest BCUT2D eigenvalue weighted by Gasteiger charge is -2.12. The summed E-state index contributed by atoms with van der Waals surface area (Å²) in [5, 5.41) is 6.33. The highest BCUT2D eigenvalue weighted by molar-refractivity contribution is 7.99. The van der Waals surface area contributed by atoms with E-state index in [9.17, 15) is 22.4 Å². The first-order chi connectivity index (χ1) is 17.6. The maximum Gasteiger partial charge on any atom is 0.573 e. The number of carbonyl (C=O) groups is 1. The van der Waals surface area contributed by atoms with Crippen LogP contribution in [0.25, 0.3) is 10.9 Å². The van der Waals surface area contributed by atoms with Crippen molar-refractivity contribution < 1.29 is 36.6 Å². The largest absolute Gasteiger partial charge is 0.573 e. The number of fused-ring (bicyclic) bond motifs is 1. The minimum absolute atomic E-state index is 0.0631. The molecule has 1 heterocycles. The quantitative estimate of drug-likeness (QED) is 0.207. The summed E-state index contributed by atoms with van der Waals surface area (Å²) in [7, 11) is 3.06. The summed E-state index contributed by atoms with van der Waals surface area (Å²) in [4.78, 5) is 21.8. The van der Waals surface area contributed by atoms with Crippen LogP contribution in [0.2, 0.25) is 0 Å². The van der Waals surface area contributed by atoms with Crippen molar-refractivity contribution in [2.45, 2.75) is 16.3 Å². The Morgan fingerprint density at radius 1 is 0.892 bits per heavy atom. The number of amides is 2. The molecule has 0 saturated carbocycles. The SMILES string of the molecule is COc1cc2ncnc(Sc3cccc(NC(=O)Nc4ccc(OC(F)(F)F)c(F)c4)c3)c2cc1OC. The van der Waals surface area contributed by atoms with E-state index in [1.165, 1.54) is 32.3 Å². The third kappa shape index (κ3) is 6.50. The Hall–Kier alpha value is -4.26. The molecule has 1 aromatic heterocycles. The zero-order valence-electron chi connectivity index (χ0n) is 19.2. The maximum atomic E-state index is 13.9. The van der Waals surface area contributed by atoms with Gasteiger partial charge in [-0.25, -0.2) is 19.2 Å². The highest BCUT2D eigenvalue weighted by atomic mass is 32.2. The molecule has 0 spiro atoms. The van der Waals surface area contributed by atoms with Gasteiger partial charge in [-0.15, -0.1) is 13.2 Å². The molecule has 0 aliphatic rings. The number of halogens is 4. The predicted molar refractivity (Wildman–Crippen MR) is 129 cm³/mol. The Kier molecular flexibility index (Phi) is 7.53. The second-order valence-corrected chi connectivity index (χ2v) is 8.37. The van der Waals surface area contributed by atoms with Gasteiger partial charge in [-0.2, -0.15) is 0 Å². The molecule has 0 fully saturated rings. The molecule has 4 aromatic rings. The zero-order valence-corrected chi connectivity index (χ0v) is 20.0. The fraction of sp³-hybridized carbons (Fsp3) is 0.125. The summed E-state index contributed by atoms with van der Waals surface area (Å²) >= 11 is 1.33. The van der Waals surface area contributed by atoms with Crippen molar-refractivity contribution >= 4 is 40.1 Å². The number of urea groups is 1. The number of hydrogen-bond donors (Lipinski definition) is 2. The average Bonchev–Trinajstić information content (AvgIpc) is 2.84. The lowest BCUT2D eigenvalue weighted by atomic mass is 10.2. The number of anilines is 2. The molecule has 2 amide bonds. The van der Waals surface area contributed by atoms with Crippen LogP contribution in [0.1, 0.15) is 0 Å². The van der Waals surface area contributed by atoms with Gasteiger partial charge in [0.05, 0.1) is 19.7 Å². The molecule has 3 aromatic carbocycles. The van der Waals surface area contributed by atoms with Gasteiger partial charge in [0.25, 0.3) is 0 Å². The van der Waals surface area contributed by atoms with Gasteiger partial charge in [0.2, 0.25) is 0 Å². The molecule has 0 aliphatic heterocycles. The van der Waals surface area contributed by atoms with Gasteiger partial charge in [0.15, 0.2) is 23.1 Å². The summed E-state index contributed by atoms with van der Waals surface area (Å²) < 4.78 is 65.1. The van der Waals surface area contributed by atoms with E-state index in [1.54, 1.807) is 30.3 Å². The molecular weight excluding hydrogens is 516 g/mol. The van der Waals surface area contributed by atoms with Crippen molar-refractivity contribution in [3.05, 3.63) is 66.7 Å². The van der Waals surface area contributed by atoms with Gasteiger partial charge < -0.3 is 24.8 Å². The molecule has 0 unspecified atom stereocenters. The van der Waals surface area contributed by atoms with Gasteiger partial charge in [0.1, 0.15) is 11.4 Å². The molecule has 37 heavy (non-hydrogen) atoms. The predicted octanol–water partition coefficient (Wildman–Crippen LogP) is 6.48. The Balaban J connectivity index is 1.47. The highest BCUT2D eigenvalue weighted by Crippen LogP contribution is 2.37. The van der Waals surface area contributed by atoms with Gasteiger partial charge >= 0.3 is 12.4 Å². The van der Waals surface area contributed by atoms with Gasteiger partial charge in [0, 0.05) is 33.8 Å². The molecule has 192 valence electrons. The Bertz CT molecular complexity index is 1450. The Labute approximate surface area is 212 Å². The Morgan fingerprint density at radius 3 is 2.27 bits per heavy atom. The molecule has 0 aliphatic carbocycles. The van der Waals surface area contributed by atoms with E-state index in [4.69, 9.17) is 9.47 Å². The lowest BCUT2D eigenvalue weighted by Crippen LogP contribution is -2.20. The average molecular weight is 534 g/mol. The van der Waals surface area contributed by atoms with Gasteiger partial charge in [-0.3, -0.25) is 0 Å². The minimum Gasteiger partial charge on any atom is -0.493 e. The summed E-state index contributed by atoms with van der Waals surface area (Å²) in [6, 6.07) is 12.2. The monoisotopic (exact) mass is 534 g/mol. The fourth-order valence-corrected chi connectivity index (χ4v) is 4.20. The fourth-order valence-electron chi connectivity index (χ4n) is 3.27. The summed E-state index contributed by atoms with van der Waals surface area (Å²) in [5.74, 6) is -1.23. The number of rotatable bonds is 7. The molecule has 8 nitrogen and oxygen atoms in total. The topological polar surface area (TPSA) is 94.6 Å². The standard InChI is InChI=1S/C24H18F4N4O4S/c1-34-20-10-16-18(11-21(20)35-2)29-12-30-22(16)37-15-5-3-4-13(8-15)31-23(33)32-14-6-7-19(17(25)9-14)36-24(26,27)28/h3-12H,1-2H3,(H2,31,32,33). The van der Waals surface area contributed by atoms with Crippen LogP contribution < -0.4 is 24.8 Å². The van der Waals surface area contributed by atoms with E-state index in [-0.39, 0.29) is 5.69 Å². The number of alkyl halides is 3. The van der Waals surface area contributed by atoms with Crippen molar-refractivity contribution in [2.75, 3.05) is 24.9 Å². The molecule has 0 saturated heterocycles. The van der Waals surface area contributed by atoms with Crippen molar-refractivity contribution in [1.82, 2.24) is 9.97 Å². The molecule has 4 rings (SSSR count). The number of hydrogen-bond acceptors (Lipinski definition) is 7. The third-order valence-corrected chi connectivity index (χ3v) is 5.83. The van der Waals surface area contributed by atoms with Crippen LogP contribution in [0.3, 0.4) is 0 Å². The normalized spacial score (nSPS) is 11.2. The Morgan fingerprint density at radius 2 is 1.59 bits per heavy atom. The highest BCUT2D eigenvalue weighted by Gasteiger charge is 2.32. The summed E-state index contributed by atoms with van der Waals surface area (Å²) in [6.07, 6.45) is -3.61. The summed E-state index contributed by atoms with van der Waals surface area (Å²) in [5.41, 5.74) is 1.01. The maximum absolute atomic E-state index is 13.9. The van der Waals surface area contributed by atoms with Crippen LogP contribution in [0, 0.1) is 5.82 Å². The number of nitrogens with one attached hydrogen (secondary N) is 2. The van der Waals surface area contributed by atoms with Crippen LogP contribution >= 0.6 is 11.8 Å². The van der Waals surface area contributed by atoms with Crippen molar-refractivity contribution in [1.29, 1.82) is 0 Å². The second kappa shape index (κ2) is 10.8. The number of nitrogens with zero attached hydrogens (tertiary/aromatic N) is 2. The number of aromatic nitrogens is 2. The first-order valence-electron chi connectivity index (χ1n) is 10.4. The van der Waals surface area contributed by atoms with Gasteiger partial charge in [-0.05, 0) is 36.4 Å². The van der Waals surface area contributed by atoms with E-state index >= 15 is 0 Å². The molecule has 2 N–H and O–H groups in total. The van der Waals surface area contributed by atoms with E-state index < -0.39 is 24.0 Å². The molecule has 13 heteroatoms. The number of benzene rings is 3. The van der Waals surface area contributed by atoms with E-state index in [0.717, 1.165) is 28.5 Å². The number of methoxy groups -OCH3 is 2. The molecule has 0 atom stereocenters. The van der Waals surface area contributed by atoms with Crippen LogP contribution in [0.15, 0.2) is 70.8 Å². The van der Waals surface area contributed by atoms with Crippen LogP contribution in [0.4, 0.5) is 33.7 Å². The van der Waals surface area contributed by atoms with Crippen molar-refractivity contribution in [3.8, 4) is 17.2 Å². The smallest absolute Gasteiger partial charge is 0.493 e. The molecular formula is C24H18F4N4O4S. The summed E-state index contributed by atoms with van der Waals surface area (Å²) in [6.45, 7) is 0. The first kappa shape index (κ1) is 25.8. The number of ether oxygens (including phenoxy) is 3. The number of carbonyl (C=O) groups excluding carboxylic acids is 1. The van der Waals surface area contributed by atoms with E-state index in [2.05, 4.69) is 25.3 Å². The first-order valence-corrected chi connectivity index (χ1v) is 11.2. The van der Waals surface area contributed by atoms with Gasteiger partial charge in [-0.1, -0.05) is 17.8 Å². The third-order valence-electron chi connectivity index (χ3n) is 4.83. The van der Waals surface area contributed by atoms with Crippen molar-refractivity contribution in [2.24, 2.45) is 0 Å². The second-order valence-electron chi connectivity index (χ2n) is 7.31. The lowest BCUT2D eigenvalue weighted by molar-refractivity contribution is -0.275. The van der Waals surface area contributed by atoms with E-state index in [0.29, 0.717) is 27.7 Å². The van der Waals surface area contributed by atoms with Crippen LogP contribution in [-0.4, -0.2) is 36.6 Å². The minimum atomic E-state index is -5.03. The molecule has 0 bridgehead atoms. The van der Waals surface area contributed by atoms with Crippen molar-refractivity contribution in [3.63, 3.8) is 0 Å². The van der Waals surface area contributed by atoms with E-state index in [1.807, 2.05) is 6.07 Å². The molecule has 0 radical (unpaired) electrons.